The predicted molar refractivity (Wildman–Crippen MR) is 101 cm³/mol. The van der Waals surface area contributed by atoms with Gasteiger partial charge in [0.15, 0.2) is 5.11 Å². The third-order valence-electron chi connectivity index (χ3n) is 3.80. The van der Waals surface area contributed by atoms with Crippen LogP contribution in [-0.4, -0.2) is 5.11 Å². The van der Waals surface area contributed by atoms with E-state index in [0.717, 1.165) is 11.4 Å². The molecule has 2 aromatic carbocycles. The first-order valence-electron chi connectivity index (χ1n) is 7.63. The maximum atomic E-state index is 5.49. The minimum Gasteiger partial charge on any atom is -0.332 e. The molecule has 0 aliphatic carbocycles. The van der Waals surface area contributed by atoms with Gasteiger partial charge >= 0.3 is 0 Å². The molecular weight excluding hydrogens is 288 g/mol. The van der Waals surface area contributed by atoms with Crippen molar-refractivity contribution in [3.05, 3.63) is 58.7 Å². The summed E-state index contributed by atoms with van der Waals surface area (Å²) in [5.74, 6) is 0.450. The van der Waals surface area contributed by atoms with Crippen LogP contribution in [0.4, 0.5) is 11.4 Å². The second-order valence-electron chi connectivity index (χ2n) is 6.09. The minimum atomic E-state index is 0.450. The van der Waals surface area contributed by atoms with Gasteiger partial charge in [-0.15, -0.1) is 0 Å². The molecule has 0 amide bonds. The Morgan fingerprint density at radius 3 is 2.32 bits per heavy atom. The molecule has 0 aliphatic rings. The first-order chi connectivity index (χ1) is 10.4. The zero-order valence-electron chi connectivity index (χ0n) is 13.9. The van der Waals surface area contributed by atoms with Gasteiger partial charge < -0.3 is 10.6 Å². The fourth-order valence-electron chi connectivity index (χ4n) is 2.56. The van der Waals surface area contributed by atoms with Crippen molar-refractivity contribution in [3.63, 3.8) is 0 Å². The number of hydrogen-bond donors (Lipinski definition) is 2. The van der Waals surface area contributed by atoms with E-state index in [9.17, 15) is 0 Å². The summed E-state index contributed by atoms with van der Waals surface area (Å²) in [5.41, 5.74) is 7.09. The van der Waals surface area contributed by atoms with Crippen LogP contribution in [0.15, 0.2) is 36.4 Å². The van der Waals surface area contributed by atoms with Gasteiger partial charge in [0.1, 0.15) is 0 Å². The molecule has 0 spiro atoms. The van der Waals surface area contributed by atoms with E-state index in [1.165, 1.54) is 22.3 Å². The lowest BCUT2D eigenvalue weighted by molar-refractivity contribution is 0.868. The number of hydrogen-bond acceptors (Lipinski definition) is 1. The summed E-state index contributed by atoms with van der Waals surface area (Å²) >= 11 is 5.49. The maximum Gasteiger partial charge on any atom is 0.175 e. The van der Waals surface area contributed by atoms with E-state index in [0.29, 0.717) is 11.0 Å². The molecule has 2 aromatic rings. The Hall–Kier alpha value is -1.87. The van der Waals surface area contributed by atoms with Gasteiger partial charge in [0.2, 0.25) is 0 Å². The fraction of sp³-hybridized carbons (Fsp3) is 0.316. The van der Waals surface area contributed by atoms with Crippen LogP contribution in [0.1, 0.15) is 42.0 Å². The van der Waals surface area contributed by atoms with Crippen LogP contribution in [0.3, 0.4) is 0 Å². The van der Waals surface area contributed by atoms with E-state index in [1.54, 1.807) is 0 Å². The summed E-state index contributed by atoms with van der Waals surface area (Å²) in [6.45, 7) is 10.7. The van der Waals surface area contributed by atoms with Crippen molar-refractivity contribution in [3.8, 4) is 0 Å². The van der Waals surface area contributed by atoms with Gasteiger partial charge in [-0.3, -0.25) is 0 Å². The summed E-state index contributed by atoms with van der Waals surface area (Å²) in [7, 11) is 0. The van der Waals surface area contributed by atoms with Crippen LogP contribution in [0.2, 0.25) is 0 Å². The van der Waals surface area contributed by atoms with Gasteiger partial charge in [-0.05, 0) is 61.7 Å². The second kappa shape index (κ2) is 6.93. The Balaban J connectivity index is 2.19. The van der Waals surface area contributed by atoms with E-state index in [1.807, 2.05) is 0 Å². The second-order valence-corrected chi connectivity index (χ2v) is 6.50. The maximum absolute atomic E-state index is 5.49. The summed E-state index contributed by atoms with van der Waals surface area (Å²) in [4.78, 5) is 0. The third-order valence-corrected chi connectivity index (χ3v) is 4.00. The molecule has 0 aromatic heterocycles. The molecule has 0 saturated carbocycles. The number of thiocarbonyl (C=S) groups is 1. The molecule has 0 heterocycles. The Bertz CT molecular complexity index is 690. The lowest BCUT2D eigenvalue weighted by atomic mass is 9.98. The molecule has 0 bridgehead atoms. The van der Waals surface area contributed by atoms with E-state index >= 15 is 0 Å². The minimum absolute atomic E-state index is 0.450. The van der Waals surface area contributed by atoms with E-state index < -0.39 is 0 Å². The topological polar surface area (TPSA) is 24.1 Å². The van der Waals surface area contributed by atoms with Crippen LogP contribution in [0.25, 0.3) is 0 Å². The Morgan fingerprint density at radius 1 is 0.955 bits per heavy atom. The van der Waals surface area contributed by atoms with Crippen LogP contribution < -0.4 is 10.6 Å². The highest BCUT2D eigenvalue weighted by Crippen LogP contribution is 2.27. The molecule has 2 N–H and O–H groups in total. The van der Waals surface area contributed by atoms with Crippen LogP contribution in [0.5, 0.6) is 0 Å². The molecule has 3 heteroatoms. The summed E-state index contributed by atoms with van der Waals surface area (Å²) in [6.07, 6.45) is 0. The Kier molecular flexibility index (Phi) is 5.19. The van der Waals surface area contributed by atoms with Crippen molar-refractivity contribution < 1.29 is 0 Å². The zero-order valence-corrected chi connectivity index (χ0v) is 14.8. The first kappa shape index (κ1) is 16.5. The summed E-state index contributed by atoms with van der Waals surface area (Å²) in [5, 5.41) is 7.30. The molecule has 0 unspecified atom stereocenters. The molecule has 0 saturated heterocycles. The number of rotatable bonds is 3. The lowest BCUT2D eigenvalue weighted by Gasteiger charge is -2.19. The van der Waals surface area contributed by atoms with E-state index in [-0.39, 0.29) is 0 Å². The molecule has 0 fully saturated rings. The van der Waals surface area contributed by atoms with Gasteiger partial charge in [-0.1, -0.05) is 49.7 Å². The van der Waals surface area contributed by atoms with Gasteiger partial charge in [0, 0.05) is 11.4 Å². The van der Waals surface area contributed by atoms with Crippen molar-refractivity contribution >= 4 is 28.7 Å². The molecule has 0 radical (unpaired) electrons. The molecule has 116 valence electrons. The Labute approximate surface area is 139 Å². The average molecular weight is 312 g/mol. The van der Waals surface area contributed by atoms with Crippen molar-refractivity contribution in [1.82, 2.24) is 0 Å². The monoisotopic (exact) mass is 312 g/mol. The molecule has 22 heavy (non-hydrogen) atoms. The fourth-order valence-corrected chi connectivity index (χ4v) is 2.78. The van der Waals surface area contributed by atoms with Crippen molar-refractivity contribution in [2.24, 2.45) is 0 Å². The lowest BCUT2D eigenvalue weighted by Crippen LogP contribution is -2.21. The summed E-state index contributed by atoms with van der Waals surface area (Å²) in [6, 6.07) is 12.7. The number of anilines is 2. The largest absolute Gasteiger partial charge is 0.332 e. The highest BCUT2D eigenvalue weighted by atomic mass is 32.1. The number of nitrogens with one attached hydrogen (secondary N) is 2. The normalized spacial score (nSPS) is 10.6. The van der Waals surface area contributed by atoms with Gasteiger partial charge in [-0.25, -0.2) is 0 Å². The van der Waals surface area contributed by atoms with E-state index in [4.69, 9.17) is 12.2 Å². The Morgan fingerprint density at radius 2 is 1.68 bits per heavy atom. The standard InChI is InChI=1S/C19H24N2S/c1-12(2)16-8-6-7-14(4)18(16)21-19(22)20-17-10-9-13(3)11-15(17)5/h6-12H,1-5H3,(H2,20,21,22). The molecular formula is C19H24N2S. The molecule has 0 atom stereocenters. The molecule has 2 nitrogen and oxygen atoms in total. The van der Waals surface area contributed by atoms with Gasteiger partial charge in [0.05, 0.1) is 0 Å². The highest BCUT2D eigenvalue weighted by Gasteiger charge is 2.10. The number of aryl methyl sites for hydroxylation is 3. The summed E-state index contributed by atoms with van der Waals surface area (Å²) < 4.78 is 0. The highest BCUT2D eigenvalue weighted by molar-refractivity contribution is 7.80. The smallest absolute Gasteiger partial charge is 0.175 e. The van der Waals surface area contributed by atoms with Crippen LogP contribution in [-0.2, 0) is 0 Å². The number of benzene rings is 2. The van der Waals surface area contributed by atoms with Crippen molar-refractivity contribution in [2.75, 3.05) is 10.6 Å². The SMILES string of the molecule is Cc1ccc(NC(=S)Nc2c(C)cccc2C(C)C)c(C)c1. The molecule has 0 aliphatic heterocycles. The van der Waals surface area contributed by atoms with Gasteiger partial charge in [-0.2, -0.15) is 0 Å². The quantitative estimate of drug-likeness (QED) is 0.727. The third kappa shape index (κ3) is 3.86. The zero-order chi connectivity index (χ0) is 16.3. The molecule has 2 rings (SSSR count). The van der Waals surface area contributed by atoms with E-state index in [2.05, 4.69) is 81.7 Å². The van der Waals surface area contributed by atoms with Crippen LogP contribution >= 0.6 is 12.2 Å². The first-order valence-corrected chi connectivity index (χ1v) is 8.04. The van der Waals surface area contributed by atoms with Crippen molar-refractivity contribution in [2.45, 2.75) is 40.5 Å². The van der Waals surface area contributed by atoms with Crippen LogP contribution in [0, 0.1) is 20.8 Å². The predicted octanol–water partition coefficient (Wildman–Crippen LogP) is 5.54. The van der Waals surface area contributed by atoms with Crippen molar-refractivity contribution in [1.29, 1.82) is 0 Å². The van der Waals surface area contributed by atoms with Gasteiger partial charge in [0.25, 0.3) is 0 Å². The number of para-hydroxylation sites is 1. The average Bonchev–Trinajstić information content (AvgIpc) is 2.44.